The number of sulfonamides is 1. The van der Waals surface area contributed by atoms with E-state index in [1.165, 1.54) is 0 Å². The Morgan fingerprint density at radius 3 is 2.46 bits per heavy atom. The molecule has 3 rings (SSSR count). The molecule has 0 bridgehead atoms. The minimum Gasteiger partial charge on any atom is -0.262 e. The molecule has 1 fully saturated rings. The second-order valence-corrected chi connectivity index (χ2v) is 10.7. The van der Waals surface area contributed by atoms with Gasteiger partial charge in [0.25, 0.3) is 0 Å². The van der Waals surface area contributed by atoms with Gasteiger partial charge in [0, 0.05) is 23.4 Å². The highest BCUT2D eigenvalue weighted by Gasteiger charge is 2.39. The first kappa shape index (κ1) is 19.5. The zero-order valence-electron chi connectivity index (χ0n) is 16.4. The topological polar surface area (TPSA) is 68.1 Å². The molecule has 0 unspecified atom stereocenters. The molecule has 8 heteroatoms. The van der Waals surface area contributed by atoms with Crippen molar-refractivity contribution in [3.05, 3.63) is 27.5 Å². The van der Waals surface area contributed by atoms with Crippen molar-refractivity contribution in [3.63, 3.8) is 0 Å². The summed E-state index contributed by atoms with van der Waals surface area (Å²) < 4.78 is 29.7. The van der Waals surface area contributed by atoms with E-state index in [1.54, 1.807) is 27.2 Å². The number of hydrogen-bond donors (Lipinski definition) is 0. The molecule has 144 valence electrons. The highest BCUT2D eigenvalue weighted by atomic mass is 32.2. The quantitative estimate of drug-likeness (QED) is 0.750. The van der Waals surface area contributed by atoms with Gasteiger partial charge >= 0.3 is 0 Å². The monoisotopic (exact) mass is 396 g/mol. The van der Waals surface area contributed by atoms with Crippen molar-refractivity contribution in [3.8, 4) is 0 Å². The molecule has 0 saturated heterocycles. The minimum absolute atomic E-state index is 0.0123. The molecular weight excluding hydrogens is 368 g/mol. The van der Waals surface area contributed by atoms with Crippen molar-refractivity contribution in [2.24, 2.45) is 0 Å². The van der Waals surface area contributed by atoms with E-state index in [0.29, 0.717) is 29.4 Å². The second-order valence-electron chi connectivity index (χ2n) is 7.99. The van der Waals surface area contributed by atoms with Crippen molar-refractivity contribution >= 4 is 21.4 Å². The van der Waals surface area contributed by atoms with Crippen LogP contribution in [0.15, 0.2) is 10.3 Å². The zero-order chi connectivity index (χ0) is 19.3. The van der Waals surface area contributed by atoms with Crippen molar-refractivity contribution in [1.29, 1.82) is 0 Å². The zero-order valence-corrected chi connectivity index (χ0v) is 18.0. The van der Waals surface area contributed by atoms with Crippen LogP contribution in [0, 0.1) is 13.8 Å². The van der Waals surface area contributed by atoms with Crippen LogP contribution in [0.4, 0.5) is 0 Å². The van der Waals surface area contributed by atoms with E-state index in [-0.39, 0.29) is 11.5 Å². The van der Waals surface area contributed by atoms with E-state index in [0.717, 1.165) is 23.5 Å². The van der Waals surface area contributed by atoms with Crippen LogP contribution in [0.2, 0.25) is 0 Å². The van der Waals surface area contributed by atoms with Gasteiger partial charge < -0.3 is 0 Å². The Bertz CT molecular complexity index is 902. The summed E-state index contributed by atoms with van der Waals surface area (Å²) in [6, 6.07) is 0.153. The summed E-state index contributed by atoms with van der Waals surface area (Å²) in [7, 11) is -3.51. The van der Waals surface area contributed by atoms with Crippen LogP contribution in [0.3, 0.4) is 0 Å². The van der Waals surface area contributed by atoms with Gasteiger partial charge in [-0.05, 0) is 26.7 Å². The average molecular weight is 397 g/mol. The van der Waals surface area contributed by atoms with E-state index < -0.39 is 10.0 Å². The maximum absolute atomic E-state index is 13.1. The molecule has 0 spiro atoms. The van der Waals surface area contributed by atoms with Crippen LogP contribution in [0.25, 0.3) is 0 Å². The first-order valence-electron chi connectivity index (χ1n) is 9.06. The summed E-state index contributed by atoms with van der Waals surface area (Å²) in [6.45, 7) is 12.9. The summed E-state index contributed by atoms with van der Waals surface area (Å²) in [5.74, 6) is 0. The predicted octanol–water partition coefficient (Wildman–Crippen LogP) is 3.48. The smallest absolute Gasteiger partial charge is 0.246 e. The number of hydrogen-bond acceptors (Lipinski definition) is 5. The van der Waals surface area contributed by atoms with Crippen molar-refractivity contribution in [2.75, 3.05) is 6.54 Å². The first-order chi connectivity index (χ1) is 12.1. The molecule has 0 atom stereocenters. The van der Waals surface area contributed by atoms with Crippen molar-refractivity contribution in [2.45, 2.75) is 77.3 Å². The van der Waals surface area contributed by atoms with Gasteiger partial charge in [0.1, 0.15) is 4.90 Å². The third-order valence-electron chi connectivity index (χ3n) is 4.65. The Morgan fingerprint density at radius 1 is 1.31 bits per heavy atom. The third-order valence-corrected chi connectivity index (χ3v) is 8.25. The first-order valence-corrected chi connectivity index (χ1v) is 11.4. The van der Waals surface area contributed by atoms with E-state index in [9.17, 15) is 8.42 Å². The fourth-order valence-electron chi connectivity index (χ4n) is 3.19. The van der Waals surface area contributed by atoms with Crippen molar-refractivity contribution in [1.82, 2.24) is 19.1 Å². The fourth-order valence-corrected chi connectivity index (χ4v) is 6.16. The lowest BCUT2D eigenvalue weighted by atomic mass is 9.98. The molecule has 1 aliphatic carbocycles. The standard InChI is InChI=1S/C18H28N4O2S2/c1-7-22(15-8-9-15)26(23,24)16-12(2)20-21(13(16)3)10-14-11-25-17(19-14)18(4,5)6/h11,15H,7-10H2,1-6H3. The van der Waals surface area contributed by atoms with Gasteiger partial charge in [0.05, 0.1) is 28.6 Å². The van der Waals surface area contributed by atoms with Crippen LogP contribution >= 0.6 is 11.3 Å². The van der Waals surface area contributed by atoms with Crippen molar-refractivity contribution < 1.29 is 8.42 Å². The predicted molar refractivity (Wildman–Crippen MR) is 104 cm³/mol. The number of rotatable bonds is 6. The summed E-state index contributed by atoms with van der Waals surface area (Å²) in [6.07, 6.45) is 1.90. The van der Waals surface area contributed by atoms with Gasteiger partial charge in [-0.15, -0.1) is 11.3 Å². The number of nitrogens with zero attached hydrogens (tertiary/aromatic N) is 4. The molecule has 0 amide bonds. The summed E-state index contributed by atoms with van der Waals surface area (Å²) in [5, 5.41) is 7.63. The Labute approximate surface area is 160 Å². The Hall–Kier alpha value is -1.25. The SMILES string of the molecule is CCN(C1CC1)S(=O)(=O)c1c(C)nn(Cc2csc(C(C)(C)C)n2)c1C. The average Bonchev–Trinajstić information content (AvgIpc) is 3.13. The lowest BCUT2D eigenvalue weighted by Crippen LogP contribution is -2.33. The van der Waals surface area contributed by atoms with Gasteiger partial charge in [0.15, 0.2) is 0 Å². The molecule has 1 aliphatic rings. The van der Waals surface area contributed by atoms with E-state index >= 15 is 0 Å². The molecule has 26 heavy (non-hydrogen) atoms. The number of thiazole rings is 1. The van der Waals surface area contributed by atoms with Gasteiger partial charge in [-0.1, -0.05) is 27.7 Å². The Balaban J connectivity index is 1.92. The van der Waals surface area contributed by atoms with Crippen LogP contribution in [-0.4, -0.2) is 40.1 Å². The molecule has 2 aromatic rings. The molecule has 1 saturated carbocycles. The van der Waals surface area contributed by atoms with E-state index in [4.69, 9.17) is 4.98 Å². The highest BCUT2D eigenvalue weighted by Crippen LogP contribution is 2.34. The third kappa shape index (κ3) is 3.59. The Kier molecular flexibility index (Phi) is 5.05. The van der Waals surface area contributed by atoms with Crippen LogP contribution in [0.1, 0.15) is 62.6 Å². The molecule has 6 nitrogen and oxygen atoms in total. The van der Waals surface area contributed by atoms with E-state index in [2.05, 4.69) is 25.9 Å². The Morgan fingerprint density at radius 2 is 1.96 bits per heavy atom. The summed E-state index contributed by atoms with van der Waals surface area (Å²) >= 11 is 1.64. The second kappa shape index (κ2) is 6.73. The lowest BCUT2D eigenvalue weighted by molar-refractivity contribution is 0.420. The molecule has 0 aromatic carbocycles. The maximum Gasteiger partial charge on any atom is 0.246 e. The number of aromatic nitrogens is 3. The molecule has 2 aromatic heterocycles. The lowest BCUT2D eigenvalue weighted by Gasteiger charge is -2.20. The van der Waals surface area contributed by atoms with E-state index in [1.807, 2.05) is 19.2 Å². The summed E-state index contributed by atoms with van der Waals surface area (Å²) in [5.41, 5.74) is 2.18. The van der Waals surface area contributed by atoms with Gasteiger partial charge in [-0.2, -0.15) is 9.40 Å². The van der Waals surface area contributed by atoms with Gasteiger partial charge in [0.2, 0.25) is 10.0 Å². The van der Waals surface area contributed by atoms with Crippen LogP contribution in [-0.2, 0) is 22.0 Å². The normalized spacial score (nSPS) is 15.8. The number of aryl methyl sites for hydroxylation is 1. The minimum atomic E-state index is -3.51. The van der Waals surface area contributed by atoms with Crippen LogP contribution < -0.4 is 0 Å². The van der Waals surface area contributed by atoms with Gasteiger partial charge in [-0.25, -0.2) is 13.4 Å². The highest BCUT2D eigenvalue weighted by molar-refractivity contribution is 7.89. The largest absolute Gasteiger partial charge is 0.262 e. The van der Waals surface area contributed by atoms with Gasteiger partial charge in [-0.3, -0.25) is 4.68 Å². The molecular formula is C18H28N4O2S2. The fraction of sp³-hybridized carbons (Fsp3) is 0.667. The molecule has 2 heterocycles. The summed E-state index contributed by atoms with van der Waals surface area (Å²) in [4.78, 5) is 5.07. The van der Waals surface area contributed by atoms with Crippen LogP contribution in [0.5, 0.6) is 0 Å². The molecule has 0 radical (unpaired) electrons. The maximum atomic E-state index is 13.1. The molecule has 0 N–H and O–H groups in total. The molecule has 0 aliphatic heterocycles.